The van der Waals surface area contributed by atoms with Crippen molar-refractivity contribution in [2.45, 2.75) is 6.23 Å². The molecule has 29 heavy (non-hydrogen) atoms. The van der Waals surface area contributed by atoms with Crippen LogP contribution in [-0.4, -0.2) is 11.7 Å². The molecule has 3 aromatic carbocycles. The quantitative estimate of drug-likeness (QED) is 0.404. The second-order valence-corrected chi connectivity index (χ2v) is 6.79. The summed E-state index contributed by atoms with van der Waals surface area (Å²) in [6, 6.07) is 30.3. The van der Waals surface area contributed by atoms with Crippen LogP contribution in [-0.2, 0) is 7.05 Å². The SMILES string of the molecule is COc1cccc(NC(Oc2ccn(C)c2-c2ccccc2)c2ccccc2)c1. The zero-order chi connectivity index (χ0) is 20.1. The van der Waals surface area contributed by atoms with E-state index in [2.05, 4.69) is 34.1 Å². The van der Waals surface area contributed by atoms with E-state index in [1.807, 2.05) is 80.0 Å². The van der Waals surface area contributed by atoms with Gasteiger partial charge in [-0.1, -0.05) is 66.7 Å². The number of anilines is 1. The summed E-state index contributed by atoms with van der Waals surface area (Å²) in [5.74, 6) is 1.62. The van der Waals surface area contributed by atoms with Crippen LogP contribution in [0.2, 0.25) is 0 Å². The van der Waals surface area contributed by atoms with Gasteiger partial charge in [-0.2, -0.15) is 0 Å². The predicted molar refractivity (Wildman–Crippen MR) is 117 cm³/mol. The standard InChI is InChI=1S/C25H24N2O2/c1-27-17-16-23(24(27)19-10-5-3-6-11-19)29-25(20-12-7-4-8-13-20)26-21-14-9-15-22(18-21)28-2/h3-18,25-26H,1-2H3. The molecular formula is C25H24N2O2. The summed E-state index contributed by atoms with van der Waals surface area (Å²) in [6.45, 7) is 0. The smallest absolute Gasteiger partial charge is 0.196 e. The van der Waals surface area contributed by atoms with Gasteiger partial charge in [0.25, 0.3) is 0 Å². The molecule has 0 aliphatic rings. The lowest BCUT2D eigenvalue weighted by Gasteiger charge is -2.23. The van der Waals surface area contributed by atoms with E-state index in [1.54, 1.807) is 7.11 Å². The average Bonchev–Trinajstić information content (AvgIpc) is 3.14. The second kappa shape index (κ2) is 8.57. The number of ether oxygens (including phenoxy) is 2. The van der Waals surface area contributed by atoms with Gasteiger partial charge in [-0.15, -0.1) is 0 Å². The lowest BCUT2D eigenvalue weighted by Crippen LogP contribution is -2.17. The Morgan fingerprint density at radius 1 is 0.828 bits per heavy atom. The van der Waals surface area contributed by atoms with Crippen molar-refractivity contribution in [3.8, 4) is 22.8 Å². The maximum atomic E-state index is 6.51. The lowest BCUT2D eigenvalue weighted by atomic mass is 10.1. The molecular weight excluding hydrogens is 360 g/mol. The number of methoxy groups -OCH3 is 1. The van der Waals surface area contributed by atoms with Crippen molar-refractivity contribution < 1.29 is 9.47 Å². The van der Waals surface area contributed by atoms with Gasteiger partial charge in [0.2, 0.25) is 0 Å². The molecule has 4 heteroatoms. The zero-order valence-electron chi connectivity index (χ0n) is 16.6. The molecule has 0 aliphatic heterocycles. The normalized spacial score (nSPS) is 11.7. The maximum absolute atomic E-state index is 6.51. The summed E-state index contributed by atoms with van der Waals surface area (Å²) in [6.07, 6.45) is 1.67. The number of nitrogens with one attached hydrogen (secondary N) is 1. The Bertz CT molecular complexity index is 1060. The van der Waals surface area contributed by atoms with Crippen LogP contribution >= 0.6 is 0 Å². The molecule has 0 saturated heterocycles. The number of nitrogens with zero attached hydrogens (tertiary/aromatic N) is 1. The molecule has 1 heterocycles. The van der Waals surface area contributed by atoms with E-state index in [1.165, 1.54) is 0 Å². The van der Waals surface area contributed by atoms with Gasteiger partial charge >= 0.3 is 0 Å². The highest BCUT2D eigenvalue weighted by Crippen LogP contribution is 2.34. The van der Waals surface area contributed by atoms with Crippen LogP contribution in [0.1, 0.15) is 11.8 Å². The van der Waals surface area contributed by atoms with E-state index >= 15 is 0 Å². The first-order valence-electron chi connectivity index (χ1n) is 9.57. The lowest BCUT2D eigenvalue weighted by molar-refractivity contribution is 0.236. The van der Waals surface area contributed by atoms with Crippen LogP contribution in [0, 0.1) is 0 Å². The topological polar surface area (TPSA) is 35.4 Å². The fourth-order valence-electron chi connectivity index (χ4n) is 3.34. The van der Waals surface area contributed by atoms with Gasteiger partial charge in [0.1, 0.15) is 11.5 Å². The maximum Gasteiger partial charge on any atom is 0.196 e. The molecule has 4 rings (SSSR count). The number of hydrogen-bond acceptors (Lipinski definition) is 3. The average molecular weight is 384 g/mol. The van der Waals surface area contributed by atoms with Gasteiger partial charge in [0, 0.05) is 36.1 Å². The molecule has 0 bridgehead atoms. The van der Waals surface area contributed by atoms with Crippen LogP contribution in [0.25, 0.3) is 11.3 Å². The minimum Gasteiger partial charge on any atom is -0.497 e. The Morgan fingerprint density at radius 2 is 1.55 bits per heavy atom. The van der Waals surface area contributed by atoms with Crippen molar-refractivity contribution in [1.29, 1.82) is 0 Å². The van der Waals surface area contributed by atoms with E-state index in [4.69, 9.17) is 9.47 Å². The predicted octanol–water partition coefficient (Wildman–Crippen LogP) is 5.89. The fourth-order valence-corrected chi connectivity index (χ4v) is 3.34. The molecule has 0 aliphatic carbocycles. The Labute approximate surface area is 171 Å². The van der Waals surface area contributed by atoms with Crippen molar-refractivity contribution >= 4 is 5.69 Å². The van der Waals surface area contributed by atoms with Crippen molar-refractivity contribution in [3.63, 3.8) is 0 Å². The molecule has 4 aromatic rings. The van der Waals surface area contributed by atoms with Crippen LogP contribution in [0.4, 0.5) is 5.69 Å². The highest BCUT2D eigenvalue weighted by Gasteiger charge is 2.18. The number of rotatable bonds is 7. The van der Waals surface area contributed by atoms with Gasteiger partial charge in [0.15, 0.2) is 6.23 Å². The minimum atomic E-state index is -0.354. The van der Waals surface area contributed by atoms with Crippen LogP contribution in [0.15, 0.2) is 97.2 Å². The third-order valence-corrected chi connectivity index (χ3v) is 4.80. The van der Waals surface area contributed by atoms with Crippen LogP contribution < -0.4 is 14.8 Å². The van der Waals surface area contributed by atoms with Gasteiger partial charge < -0.3 is 19.4 Å². The molecule has 0 saturated carbocycles. The summed E-state index contributed by atoms with van der Waals surface area (Å²) in [5, 5.41) is 3.49. The van der Waals surface area contributed by atoms with E-state index in [-0.39, 0.29) is 6.23 Å². The Morgan fingerprint density at radius 3 is 2.28 bits per heavy atom. The van der Waals surface area contributed by atoms with Crippen molar-refractivity contribution in [2.24, 2.45) is 7.05 Å². The van der Waals surface area contributed by atoms with E-state index < -0.39 is 0 Å². The molecule has 1 atom stereocenters. The van der Waals surface area contributed by atoms with Gasteiger partial charge in [0.05, 0.1) is 12.8 Å². The summed E-state index contributed by atoms with van der Waals surface area (Å²) in [4.78, 5) is 0. The monoisotopic (exact) mass is 384 g/mol. The molecule has 0 fully saturated rings. The largest absolute Gasteiger partial charge is 0.497 e. The highest BCUT2D eigenvalue weighted by atomic mass is 16.5. The first-order valence-corrected chi connectivity index (χ1v) is 9.57. The third kappa shape index (κ3) is 4.27. The Balaban J connectivity index is 1.68. The fraction of sp³-hybridized carbons (Fsp3) is 0.120. The molecule has 146 valence electrons. The number of benzene rings is 3. The molecule has 0 radical (unpaired) electrons. The first kappa shape index (κ1) is 18.7. The molecule has 1 unspecified atom stereocenters. The van der Waals surface area contributed by atoms with Crippen molar-refractivity contribution in [3.05, 3.63) is 103 Å². The second-order valence-electron chi connectivity index (χ2n) is 6.79. The van der Waals surface area contributed by atoms with E-state index in [0.29, 0.717) is 0 Å². The summed E-state index contributed by atoms with van der Waals surface area (Å²) >= 11 is 0. The first-order chi connectivity index (χ1) is 14.2. The van der Waals surface area contributed by atoms with Gasteiger partial charge in [-0.25, -0.2) is 0 Å². The summed E-state index contributed by atoms with van der Waals surface area (Å²) in [7, 11) is 3.70. The molecule has 1 aromatic heterocycles. The number of aryl methyl sites for hydroxylation is 1. The summed E-state index contributed by atoms with van der Waals surface area (Å²) in [5.41, 5.74) is 4.12. The van der Waals surface area contributed by atoms with E-state index in [0.717, 1.165) is 34.0 Å². The van der Waals surface area contributed by atoms with Crippen molar-refractivity contribution in [2.75, 3.05) is 12.4 Å². The summed E-state index contributed by atoms with van der Waals surface area (Å²) < 4.78 is 13.9. The van der Waals surface area contributed by atoms with Crippen molar-refractivity contribution in [1.82, 2.24) is 4.57 Å². The minimum absolute atomic E-state index is 0.354. The molecule has 4 nitrogen and oxygen atoms in total. The third-order valence-electron chi connectivity index (χ3n) is 4.80. The Hall–Kier alpha value is -3.66. The highest BCUT2D eigenvalue weighted by molar-refractivity contribution is 5.67. The van der Waals surface area contributed by atoms with Crippen LogP contribution in [0.5, 0.6) is 11.5 Å². The Kier molecular flexibility index (Phi) is 5.52. The molecule has 0 spiro atoms. The number of hydrogen-bond donors (Lipinski definition) is 1. The number of aromatic nitrogens is 1. The van der Waals surface area contributed by atoms with Crippen LogP contribution in [0.3, 0.4) is 0 Å². The molecule has 1 N–H and O–H groups in total. The van der Waals surface area contributed by atoms with E-state index in [9.17, 15) is 0 Å². The van der Waals surface area contributed by atoms with Gasteiger partial charge in [-0.3, -0.25) is 0 Å². The zero-order valence-corrected chi connectivity index (χ0v) is 16.6. The van der Waals surface area contributed by atoms with Gasteiger partial charge in [-0.05, 0) is 18.2 Å². The molecule has 0 amide bonds.